The Morgan fingerprint density at radius 1 is 1.14 bits per heavy atom. The lowest BCUT2D eigenvalue weighted by Gasteiger charge is -2.35. The van der Waals surface area contributed by atoms with Gasteiger partial charge in [0.05, 0.1) is 15.2 Å². The minimum Gasteiger partial charge on any atom is -0.353 e. The number of rotatable bonds is 4. The third kappa shape index (κ3) is 3.45. The quantitative estimate of drug-likeness (QED) is 0.460. The number of nitrogens with zero attached hydrogens (tertiary/aromatic N) is 5. The van der Waals surface area contributed by atoms with Gasteiger partial charge in [0.1, 0.15) is 17.0 Å². The number of thiophene rings is 1. The molecular formula is C18H19N5O4S2. The molecule has 3 aromatic rings. The Balaban J connectivity index is 1.57. The Bertz CT molecular complexity index is 1200. The van der Waals surface area contributed by atoms with E-state index in [1.807, 2.05) is 6.92 Å². The van der Waals surface area contributed by atoms with E-state index in [9.17, 15) is 18.5 Å². The average molecular weight is 434 g/mol. The Hall–Kier alpha value is -2.63. The normalized spacial score (nSPS) is 15.7. The number of aromatic nitrogens is 2. The van der Waals surface area contributed by atoms with E-state index in [0.29, 0.717) is 13.1 Å². The molecule has 11 heteroatoms. The minimum atomic E-state index is -3.80. The Labute approximate surface area is 171 Å². The van der Waals surface area contributed by atoms with Crippen LogP contribution in [0, 0.1) is 24.0 Å². The molecule has 3 heterocycles. The molecule has 4 rings (SSSR count). The topological polar surface area (TPSA) is 110 Å². The zero-order valence-electron chi connectivity index (χ0n) is 15.9. The van der Waals surface area contributed by atoms with Crippen LogP contribution in [0.15, 0.2) is 35.5 Å². The van der Waals surface area contributed by atoms with Crippen LogP contribution in [0.4, 0.5) is 11.5 Å². The third-order valence-electron chi connectivity index (χ3n) is 5.15. The van der Waals surface area contributed by atoms with Crippen molar-refractivity contribution < 1.29 is 13.3 Å². The van der Waals surface area contributed by atoms with Gasteiger partial charge in [0, 0.05) is 43.2 Å². The summed E-state index contributed by atoms with van der Waals surface area (Å²) in [5, 5.41) is 12.0. The number of aryl methyl sites for hydroxylation is 2. The lowest BCUT2D eigenvalue weighted by molar-refractivity contribution is -0.385. The van der Waals surface area contributed by atoms with Gasteiger partial charge < -0.3 is 4.90 Å². The SMILES string of the molecule is Cc1sc2ncnc(N3CCN(S(=O)(=O)c4cccc([N+](=O)[O-])c4)CC3)c2c1C. The molecule has 1 fully saturated rings. The van der Waals surface area contributed by atoms with E-state index in [1.54, 1.807) is 17.7 Å². The largest absolute Gasteiger partial charge is 0.353 e. The fraction of sp³-hybridized carbons (Fsp3) is 0.333. The van der Waals surface area contributed by atoms with Crippen LogP contribution in [0.2, 0.25) is 0 Å². The summed E-state index contributed by atoms with van der Waals surface area (Å²) < 4.78 is 27.2. The molecule has 0 bridgehead atoms. The van der Waals surface area contributed by atoms with Gasteiger partial charge in [0.15, 0.2) is 0 Å². The van der Waals surface area contributed by atoms with Crippen LogP contribution >= 0.6 is 11.3 Å². The Kier molecular flexibility index (Phi) is 4.97. The summed E-state index contributed by atoms with van der Waals surface area (Å²) in [4.78, 5) is 23.3. The van der Waals surface area contributed by atoms with Crippen molar-refractivity contribution in [3.05, 3.63) is 51.1 Å². The number of benzene rings is 1. The van der Waals surface area contributed by atoms with Gasteiger partial charge in [-0.15, -0.1) is 11.3 Å². The summed E-state index contributed by atoms with van der Waals surface area (Å²) in [7, 11) is -3.80. The second-order valence-corrected chi connectivity index (χ2v) is 9.95. The zero-order valence-corrected chi connectivity index (χ0v) is 17.5. The number of anilines is 1. The molecule has 1 aliphatic rings. The molecule has 0 unspecified atom stereocenters. The van der Waals surface area contributed by atoms with E-state index in [1.165, 1.54) is 27.4 Å². The van der Waals surface area contributed by atoms with Crippen LogP contribution in [0.3, 0.4) is 0 Å². The molecular weight excluding hydrogens is 414 g/mol. The van der Waals surface area contributed by atoms with Crippen molar-refractivity contribution in [1.29, 1.82) is 0 Å². The molecule has 0 spiro atoms. The average Bonchev–Trinajstić information content (AvgIpc) is 3.02. The minimum absolute atomic E-state index is 0.0612. The third-order valence-corrected chi connectivity index (χ3v) is 8.16. The van der Waals surface area contributed by atoms with Gasteiger partial charge in [-0.1, -0.05) is 6.07 Å². The first-order valence-electron chi connectivity index (χ1n) is 8.99. The fourth-order valence-corrected chi connectivity index (χ4v) is 5.90. The van der Waals surface area contributed by atoms with E-state index in [0.717, 1.165) is 27.7 Å². The maximum absolute atomic E-state index is 12.9. The van der Waals surface area contributed by atoms with Gasteiger partial charge in [-0.3, -0.25) is 10.1 Å². The molecule has 2 aromatic heterocycles. The molecule has 0 saturated carbocycles. The van der Waals surface area contributed by atoms with Gasteiger partial charge in [0.25, 0.3) is 5.69 Å². The predicted molar refractivity (Wildman–Crippen MR) is 111 cm³/mol. The molecule has 0 radical (unpaired) electrons. The van der Waals surface area contributed by atoms with Crippen molar-refractivity contribution in [2.24, 2.45) is 0 Å². The molecule has 152 valence electrons. The van der Waals surface area contributed by atoms with Crippen molar-refractivity contribution in [3.8, 4) is 0 Å². The Morgan fingerprint density at radius 2 is 1.86 bits per heavy atom. The van der Waals surface area contributed by atoms with Crippen LogP contribution in [0.25, 0.3) is 10.2 Å². The summed E-state index contributed by atoms with van der Waals surface area (Å²) in [6.45, 7) is 5.61. The van der Waals surface area contributed by atoms with E-state index in [4.69, 9.17) is 0 Å². The molecule has 9 nitrogen and oxygen atoms in total. The highest BCUT2D eigenvalue weighted by molar-refractivity contribution is 7.89. The van der Waals surface area contributed by atoms with E-state index < -0.39 is 14.9 Å². The molecule has 1 saturated heterocycles. The molecule has 29 heavy (non-hydrogen) atoms. The van der Waals surface area contributed by atoms with Gasteiger partial charge in [-0.25, -0.2) is 18.4 Å². The van der Waals surface area contributed by atoms with Crippen LogP contribution in [0.1, 0.15) is 10.4 Å². The van der Waals surface area contributed by atoms with Crippen molar-refractivity contribution in [2.75, 3.05) is 31.1 Å². The van der Waals surface area contributed by atoms with E-state index >= 15 is 0 Å². The van der Waals surface area contributed by atoms with Gasteiger partial charge in [-0.05, 0) is 25.5 Å². The highest BCUT2D eigenvalue weighted by Crippen LogP contribution is 2.34. The van der Waals surface area contributed by atoms with Crippen molar-refractivity contribution in [3.63, 3.8) is 0 Å². The van der Waals surface area contributed by atoms with Crippen LogP contribution in [-0.4, -0.2) is 53.8 Å². The maximum atomic E-state index is 12.9. The first-order chi connectivity index (χ1) is 13.8. The maximum Gasteiger partial charge on any atom is 0.270 e. The molecule has 0 atom stereocenters. The highest BCUT2D eigenvalue weighted by Gasteiger charge is 2.30. The number of hydrogen-bond acceptors (Lipinski definition) is 8. The Morgan fingerprint density at radius 3 is 2.55 bits per heavy atom. The first-order valence-corrected chi connectivity index (χ1v) is 11.2. The molecule has 0 N–H and O–H groups in total. The van der Waals surface area contributed by atoms with Gasteiger partial charge in [0.2, 0.25) is 10.0 Å². The summed E-state index contributed by atoms with van der Waals surface area (Å²) in [5.41, 5.74) is 0.906. The monoisotopic (exact) mass is 433 g/mol. The van der Waals surface area contributed by atoms with Gasteiger partial charge in [-0.2, -0.15) is 4.31 Å². The summed E-state index contributed by atoms with van der Waals surface area (Å²) >= 11 is 1.62. The fourth-order valence-electron chi connectivity index (χ4n) is 3.45. The van der Waals surface area contributed by atoms with Crippen molar-refractivity contribution >= 4 is 43.1 Å². The number of hydrogen-bond donors (Lipinski definition) is 0. The molecule has 1 aromatic carbocycles. The number of fused-ring (bicyclic) bond motifs is 1. The highest BCUT2D eigenvalue weighted by atomic mass is 32.2. The van der Waals surface area contributed by atoms with E-state index in [2.05, 4.69) is 21.8 Å². The molecule has 0 aliphatic carbocycles. The number of sulfonamides is 1. The summed E-state index contributed by atoms with van der Waals surface area (Å²) in [6, 6.07) is 5.16. The second-order valence-electron chi connectivity index (χ2n) is 6.81. The number of nitro groups is 1. The standard InChI is InChI=1S/C18H19N5O4S2/c1-12-13(2)28-18-16(12)17(19-11-20-18)21-6-8-22(9-7-21)29(26,27)15-5-3-4-14(10-15)23(24)25/h3-5,10-11H,6-9H2,1-2H3. The first kappa shape index (κ1) is 19.7. The smallest absolute Gasteiger partial charge is 0.270 e. The lowest BCUT2D eigenvalue weighted by atomic mass is 10.2. The van der Waals surface area contributed by atoms with Crippen LogP contribution in [-0.2, 0) is 10.0 Å². The second kappa shape index (κ2) is 7.32. The van der Waals surface area contributed by atoms with Crippen molar-refractivity contribution in [2.45, 2.75) is 18.7 Å². The van der Waals surface area contributed by atoms with Crippen LogP contribution < -0.4 is 4.90 Å². The lowest BCUT2D eigenvalue weighted by Crippen LogP contribution is -2.49. The molecule has 0 amide bonds. The van der Waals surface area contributed by atoms with Crippen molar-refractivity contribution in [1.82, 2.24) is 14.3 Å². The zero-order chi connectivity index (χ0) is 20.8. The summed E-state index contributed by atoms with van der Waals surface area (Å²) in [6.07, 6.45) is 1.54. The molecule has 1 aliphatic heterocycles. The predicted octanol–water partition coefficient (Wildman–Crippen LogP) is 2.73. The number of nitro benzene ring substituents is 1. The van der Waals surface area contributed by atoms with E-state index in [-0.39, 0.29) is 23.7 Å². The number of non-ortho nitro benzene ring substituents is 1. The van der Waals surface area contributed by atoms with Gasteiger partial charge >= 0.3 is 0 Å². The summed E-state index contributed by atoms with van der Waals surface area (Å²) in [5.74, 6) is 0.823. The number of piperazine rings is 1. The van der Waals surface area contributed by atoms with Crippen LogP contribution in [0.5, 0.6) is 0 Å².